The van der Waals surface area contributed by atoms with Gasteiger partial charge in [0.15, 0.2) is 29.6 Å². The molecule has 36 heavy (non-hydrogen) atoms. The van der Waals surface area contributed by atoms with Crippen molar-refractivity contribution in [1.29, 1.82) is 0 Å². The number of rotatable bonds is 12. The lowest BCUT2D eigenvalue weighted by atomic mass is 10.1. The Bertz CT molecular complexity index is 1180. The molecule has 190 valence electrons. The summed E-state index contributed by atoms with van der Waals surface area (Å²) in [5.74, 6) is 1.97. The van der Waals surface area contributed by atoms with Gasteiger partial charge < -0.3 is 29.6 Å². The first kappa shape index (κ1) is 26.4. The molecule has 2 N–H and O–H groups in total. The molecule has 0 unspecified atom stereocenters. The number of anilines is 2. The van der Waals surface area contributed by atoms with Gasteiger partial charge in [0, 0.05) is 16.9 Å². The monoisotopic (exact) mass is 492 g/mol. The Labute approximate surface area is 211 Å². The van der Waals surface area contributed by atoms with E-state index in [4.69, 9.17) is 18.9 Å². The number of para-hydroxylation sites is 2. The van der Waals surface area contributed by atoms with Crippen molar-refractivity contribution in [1.82, 2.24) is 0 Å². The quantitative estimate of drug-likeness (QED) is 0.352. The molecular formula is C28H32N2O6. The van der Waals surface area contributed by atoms with Gasteiger partial charge in [-0.3, -0.25) is 9.59 Å². The number of carbonyl (C=O) groups excluding carboxylic acids is 2. The van der Waals surface area contributed by atoms with Crippen LogP contribution in [0.3, 0.4) is 0 Å². The van der Waals surface area contributed by atoms with Gasteiger partial charge in [0.2, 0.25) is 0 Å². The van der Waals surface area contributed by atoms with Crippen LogP contribution >= 0.6 is 0 Å². The van der Waals surface area contributed by atoms with Gasteiger partial charge >= 0.3 is 0 Å². The summed E-state index contributed by atoms with van der Waals surface area (Å²) < 4.78 is 22.0. The predicted octanol–water partition coefficient (Wildman–Crippen LogP) is 5.40. The highest BCUT2D eigenvalue weighted by Gasteiger charge is 2.13. The highest BCUT2D eigenvalue weighted by atomic mass is 16.5. The molecule has 0 heterocycles. The average molecular weight is 493 g/mol. The first-order valence-corrected chi connectivity index (χ1v) is 11.7. The number of hydrogen-bond acceptors (Lipinski definition) is 6. The van der Waals surface area contributed by atoms with E-state index in [2.05, 4.69) is 24.5 Å². The fourth-order valence-electron chi connectivity index (χ4n) is 3.29. The second-order valence-electron chi connectivity index (χ2n) is 8.42. The number of amides is 2. The lowest BCUT2D eigenvalue weighted by Crippen LogP contribution is -2.20. The predicted molar refractivity (Wildman–Crippen MR) is 139 cm³/mol. The zero-order valence-corrected chi connectivity index (χ0v) is 21.0. The first-order valence-electron chi connectivity index (χ1n) is 11.7. The molecule has 0 aromatic heterocycles. The molecule has 0 saturated carbocycles. The summed E-state index contributed by atoms with van der Waals surface area (Å²) in [6.07, 6.45) is 0.921. The van der Waals surface area contributed by atoms with E-state index in [-0.39, 0.29) is 18.4 Å². The summed E-state index contributed by atoms with van der Waals surface area (Å²) in [5.41, 5.74) is 1.47. The maximum absolute atomic E-state index is 12.8. The zero-order chi connectivity index (χ0) is 25.9. The molecule has 2 amide bonds. The van der Waals surface area contributed by atoms with Gasteiger partial charge in [-0.1, -0.05) is 32.0 Å². The van der Waals surface area contributed by atoms with Crippen LogP contribution < -0.4 is 29.6 Å². The average Bonchev–Trinajstić information content (AvgIpc) is 2.87. The van der Waals surface area contributed by atoms with Crippen molar-refractivity contribution >= 4 is 23.2 Å². The molecular weight excluding hydrogens is 460 g/mol. The molecule has 0 aliphatic rings. The molecule has 0 atom stereocenters. The minimum atomic E-state index is -0.345. The van der Waals surface area contributed by atoms with Gasteiger partial charge in [0.1, 0.15) is 0 Å². The number of methoxy groups -OCH3 is 2. The van der Waals surface area contributed by atoms with Crippen molar-refractivity contribution in [2.45, 2.75) is 20.3 Å². The second-order valence-corrected chi connectivity index (χ2v) is 8.42. The van der Waals surface area contributed by atoms with Crippen LogP contribution in [0.25, 0.3) is 0 Å². The van der Waals surface area contributed by atoms with Crippen LogP contribution in [0.15, 0.2) is 66.7 Å². The van der Waals surface area contributed by atoms with E-state index in [0.717, 1.165) is 6.42 Å². The third kappa shape index (κ3) is 7.66. The Morgan fingerprint density at radius 1 is 0.750 bits per heavy atom. The van der Waals surface area contributed by atoms with Crippen LogP contribution in [-0.4, -0.2) is 39.2 Å². The van der Waals surface area contributed by atoms with Crippen molar-refractivity contribution < 1.29 is 28.5 Å². The maximum atomic E-state index is 12.8. The molecule has 0 aliphatic carbocycles. The molecule has 0 aliphatic heterocycles. The summed E-state index contributed by atoms with van der Waals surface area (Å²) in [6, 6.07) is 19.0. The SMILES string of the molecule is COc1cc(C(=O)Nc2cccc(NC(=O)COc3ccccc3OC)c2)ccc1OCCC(C)C. The van der Waals surface area contributed by atoms with Gasteiger partial charge in [0.25, 0.3) is 11.8 Å². The van der Waals surface area contributed by atoms with Crippen LogP contribution in [0.1, 0.15) is 30.6 Å². The highest BCUT2D eigenvalue weighted by Crippen LogP contribution is 2.29. The lowest BCUT2D eigenvalue weighted by Gasteiger charge is -2.13. The number of hydrogen-bond donors (Lipinski definition) is 2. The van der Waals surface area contributed by atoms with Crippen molar-refractivity contribution in [3.63, 3.8) is 0 Å². The normalized spacial score (nSPS) is 10.5. The van der Waals surface area contributed by atoms with Gasteiger partial charge in [-0.15, -0.1) is 0 Å². The molecule has 0 spiro atoms. The molecule has 0 radical (unpaired) electrons. The Hall–Kier alpha value is -4.20. The molecule has 3 aromatic rings. The van der Waals surface area contributed by atoms with Gasteiger partial charge in [-0.25, -0.2) is 0 Å². The number of benzene rings is 3. The van der Waals surface area contributed by atoms with E-state index in [9.17, 15) is 9.59 Å². The fourth-order valence-corrected chi connectivity index (χ4v) is 3.29. The van der Waals surface area contributed by atoms with Crippen LogP contribution in [0, 0.1) is 5.92 Å². The third-order valence-electron chi connectivity index (χ3n) is 5.21. The largest absolute Gasteiger partial charge is 0.493 e. The number of carbonyl (C=O) groups is 2. The van der Waals surface area contributed by atoms with Crippen LogP contribution in [0.5, 0.6) is 23.0 Å². The Morgan fingerprint density at radius 3 is 2.11 bits per heavy atom. The molecule has 8 heteroatoms. The van der Waals surface area contributed by atoms with Crippen LogP contribution in [0.4, 0.5) is 11.4 Å². The van der Waals surface area contributed by atoms with Gasteiger partial charge in [0.05, 0.1) is 20.8 Å². The van der Waals surface area contributed by atoms with Crippen LogP contribution in [-0.2, 0) is 4.79 Å². The Morgan fingerprint density at radius 2 is 1.42 bits per heavy atom. The van der Waals surface area contributed by atoms with Gasteiger partial charge in [-0.05, 0) is 60.9 Å². The maximum Gasteiger partial charge on any atom is 0.262 e. The van der Waals surface area contributed by atoms with E-state index in [1.807, 2.05) is 6.07 Å². The van der Waals surface area contributed by atoms with E-state index in [1.165, 1.54) is 14.2 Å². The Kier molecular flexibility index (Phi) is 9.56. The standard InChI is InChI=1S/C28H32N2O6/c1-19(2)14-15-35-25-13-12-20(16-26(25)34-4)28(32)30-22-9-7-8-21(17-22)29-27(31)18-36-24-11-6-5-10-23(24)33-3/h5-13,16-17,19H,14-15,18H2,1-4H3,(H,29,31)(H,30,32). The topological polar surface area (TPSA) is 95.1 Å². The summed E-state index contributed by atoms with van der Waals surface area (Å²) in [4.78, 5) is 25.2. The zero-order valence-electron chi connectivity index (χ0n) is 21.0. The van der Waals surface area contributed by atoms with Gasteiger partial charge in [-0.2, -0.15) is 0 Å². The summed E-state index contributed by atoms with van der Waals surface area (Å²) >= 11 is 0. The van der Waals surface area contributed by atoms with Crippen molar-refractivity contribution in [2.75, 3.05) is 38.1 Å². The molecule has 0 bridgehead atoms. The molecule has 8 nitrogen and oxygen atoms in total. The van der Waals surface area contributed by atoms with Crippen molar-refractivity contribution in [2.24, 2.45) is 5.92 Å². The Balaban J connectivity index is 1.59. The fraction of sp³-hybridized carbons (Fsp3) is 0.286. The highest BCUT2D eigenvalue weighted by molar-refractivity contribution is 6.05. The molecule has 3 rings (SSSR count). The lowest BCUT2D eigenvalue weighted by molar-refractivity contribution is -0.118. The second kappa shape index (κ2) is 13.0. The summed E-state index contributed by atoms with van der Waals surface area (Å²) in [5, 5.41) is 5.60. The smallest absolute Gasteiger partial charge is 0.262 e. The third-order valence-corrected chi connectivity index (χ3v) is 5.21. The van der Waals surface area contributed by atoms with E-state index < -0.39 is 0 Å². The molecule has 0 saturated heterocycles. The number of nitrogens with one attached hydrogen (secondary N) is 2. The molecule has 0 fully saturated rings. The minimum Gasteiger partial charge on any atom is -0.493 e. The van der Waals surface area contributed by atoms with Crippen molar-refractivity contribution in [3.05, 3.63) is 72.3 Å². The first-order chi connectivity index (χ1) is 17.4. The van der Waals surface area contributed by atoms with E-state index in [0.29, 0.717) is 52.5 Å². The van der Waals surface area contributed by atoms with Crippen molar-refractivity contribution in [3.8, 4) is 23.0 Å². The van der Waals surface area contributed by atoms with Crippen LogP contribution in [0.2, 0.25) is 0 Å². The summed E-state index contributed by atoms with van der Waals surface area (Å²) in [6.45, 7) is 4.64. The molecule has 3 aromatic carbocycles. The number of ether oxygens (including phenoxy) is 4. The minimum absolute atomic E-state index is 0.192. The summed E-state index contributed by atoms with van der Waals surface area (Å²) in [7, 11) is 3.07. The van der Waals surface area contributed by atoms with E-state index >= 15 is 0 Å². The van der Waals surface area contributed by atoms with E-state index in [1.54, 1.807) is 60.7 Å².